The van der Waals surface area contributed by atoms with Gasteiger partial charge < -0.3 is 15.7 Å². The number of aliphatic hydroxyl groups is 1. The number of carbonyl (C=O) groups excluding carboxylic acids is 2. The second-order valence-corrected chi connectivity index (χ2v) is 7.71. The number of hydrogen-bond acceptors (Lipinski definition) is 5. The predicted molar refractivity (Wildman–Crippen MR) is 116 cm³/mol. The van der Waals surface area contributed by atoms with Crippen LogP contribution in [0.2, 0.25) is 5.02 Å². The van der Waals surface area contributed by atoms with Gasteiger partial charge in [-0.25, -0.2) is 0 Å². The molecule has 0 aliphatic carbocycles. The average Bonchev–Trinajstić information content (AvgIpc) is 2.70. The van der Waals surface area contributed by atoms with Crippen molar-refractivity contribution in [3.05, 3.63) is 58.6 Å². The molecule has 3 N–H and O–H groups in total. The molecule has 0 bridgehead atoms. The Morgan fingerprint density at radius 3 is 2.45 bits per heavy atom. The number of nitrogens with one attached hydrogen (secondary N) is 2. The number of halogens is 1. The molecule has 2 aromatic carbocycles. The van der Waals surface area contributed by atoms with Crippen molar-refractivity contribution in [2.75, 3.05) is 30.3 Å². The van der Waals surface area contributed by atoms with Crippen LogP contribution in [0.4, 0.5) is 11.4 Å². The molecule has 1 fully saturated rings. The molecule has 1 saturated heterocycles. The van der Waals surface area contributed by atoms with E-state index in [1.165, 1.54) is 6.92 Å². The monoisotopic (exact) mass is 415 g/mol. The van der Waals surface area contributed by atoms with Gasteiger partial charge in [0.05, 0.1) is 13.2 Å². The fraction of sp³-hybridized carbons (Fsp3) is 0.364. The maximum atomic E-state index is 12.3. The van der Waals surface area contributed by atoms with E-state index < -0.39 is 0 Å². The zero-order valence-corrected chi connectivity index (χ0v) is 17.2. The summed E-state index contributed by atoms with van der Waals surface area (Å²) < 4.78 is 0. The highest BCUT2D eigenvalue weighted by atomic mass is 35.5. The smallest absolute Gasteiger partial charge is 0.238 e. The number of hydrogen-bond donors (Lipinski definition) is 3. The molecular formula is C22H26ClN3O3. The Morgan fingerprint density at radius 2 is 1.83 bits per heavy atom. The first-order chi connectivity index (χ1) is 14.0. The van der Waals surface area contributed by atoms with Crippen LogP contribution >= 0.6 is 11.6 Å². The molecule has 0 saturated carbocycles. The molecular weight excluding hydrogens is 390 g/mol. The van der Waals surface area contributed by atoms with Gasteiger partial charge in [0.25, 0.3) is 0 Å². The minimum atomic E-state index is -0.103. The van der Waals surface area contributed by atoms with Crippen LogP contribution in [0.25, 0.3) is 0 Å². The summed E-state index contributed by atoms with van der Waals surface area (Å²) in [5, 5.41) is 16.4. The lowest BCUT2D eigenvalue weighted by Crippen LogP contribution is -2.42. The first kappa shape index (κ1) is 21.3. The zero-order valence-electron chi connectivity index (χ0n) is 16.5. The third kappa shape index (κ3) is 5.79. The van der Waals surface area contributed by atoms with E-state index in [1.54, 1.807) is 30.3 Å². The van der Waals surface area contributed by atoms with Gasteiger partial charge in [-0.05, 0) is 56.2 Å². The molecule has 0 unspecified atom stereocenters. The lowest BCUT2D eigenvalue weighted by atomic mass is 10.0. The van der Waals surface area contributed by atoms with Crippen LogP contribution in [-0.2, 0) is 11.4 Å². The van der Waals surface area contributed by atoms with Crippen molar-refractivity contribution in [3.63, 3.8) is 0 Å². The number of Topliss-reactive ketones (excluding diaryl/α,β-unsaturated/α-hetero) is 1. The molecule has 7 heteroatoms. The summed E-state index contributed by atoms with van der Waals surface area (Å²) in [5.41, 5.74) is 2.90. The molecule has 0 radical (unpaired) electrons. The van der Waals surface area contributed by atoms with Crippen LogP contribution in [0, 0.1) is 0 Å². The number of nitrogens with zero attached hydrogens (tertiary/aromatic N) is 1. The van der Waals surface area contributed by atoms with E-state index in [0.717, 1.165) is 31.6 Å². The maximum absolute atomic E-state index is 12.3. The van der Waals surface area contributed by atoms with Gasteiger partial charge >= 0.3 is 0 Å². The lowest BCUT2D eigenvalue weighted by Gasteiger charge is -2.32. The third-order valence-corrected chi connectivity index (χ3v) is 5.52. The minimum absolute atomic E-state index is 0.00300. The van der Waals surface area contributed by atoms with Crippen molar-refractivity contribution >= 4 is 34.7 Å². The number of aliphatic hydroxyl groups excluding tert-OH is 1. The number of carbonyl (C=O) groups is 2. The minimum Gasteiger partial charge on any atom is -0.392 e. The summed E-state index contributed by atoms with van der Waals surface area (Å²) in [7, 11) is 0. The molecule has 1 aliphatic heterocycles. The van der Waals surface area contributed by atoms with E-state index >= 15 is 0 Å². The van der Waals surface area contributed by atoms with E-state index in [9.17, 15) is 14.7 Å². The van der Waals surface area contributed by atoms with Crippen molar-refractivity contribution in [3.8, 4) is 0 Å². The first-order valence-corrected chi connectivity index (χ1v) is 10.1. The Morgan fingerprint density at radius 1 is 1.14 bits per heavy atom. The number of ketones is 1. The summed E-state index contributed by atoms with van der Waals surface area (Å²) in [6, 6.07) is 12.8. The SMILES string of the molecule is CC(=O)c1ccc(NC(=O)CN2CCC(Nc3cccc(Cl)c3CO)CC2)cc1. The molecule has 29 heavy (non-hydrogen) atoms. The topological polar surface area (TPSA) is 81.7 Å². The Balaban J connectivity index is 1.46. The molecule has 0 atom stereocenters. The van der Waals surface area contributed by atoms with E-state index in [-0.39, 0.29) is 24.3 Å². The van der Waals surface area contributed by atoms with E-state index in [1.807, 2.05) is 12.1 Å². The summed E-state index contributed by atoms with van der Waals surface area (Å²) in [5.74, 6) is -0.0624. The summed E-state index contributed by atoms with van der Waals surface area (Å²) >= 11 is 6.15. The molecule has 154 valence electrons. The Bertz CT molecular complexity index is 862. The number of amides is 1. The fourth-order valence-corrected chi connectivity index (χ4v) is 3.74. The Labute approximate surface area is 175 Å². The van der Waals surface area contributed by atoms with Gasteiger partial charge in [0.15, 0.2) is 5.78 Å². The van der Waals surface area contributed by atoms with Gasteiger partial charge in [-0.2, -0.15) is 0 Å². The van der Waals surface area contributed by atoms with Crippen molar-refractivity contribution < 1.29 is 14.7 Å². The molecule has 6 nitrogen and oxygen atoms in total. The summed E-state index contributed by atoms with van der Waals surface area (Å²) in [4.78, 5) is 25.8. The van der Waals surface area contributed by atoms with Gasteiger partial charge in [0.1, 0.15) is 0 Å². The standard InChI is InChI=1S/C22H26ClN3O3/c1-15(28)16-5-7-17(8-6-16)25-22(29)13-26-11-9-18(10-12-26)24-21-4-2-3-20(23)19(21)14-27/h2-8,18,24,27H,9-14H2,1H3,(H,25,29). The molecule has 2 aromatic rings. The van der Waals surface area contributed by atoms with Crippen LogP contribution in [0.1, 0.15) is 35.7 Å². The first-order valence-electron chi connectivity index (χ1n) is 9.74. The Hall–Kier alpha value is -2.41. The Kier molecular flexibility index (Phi) is 7.25. The van der Waals surface area contributed by atoms with Crippen LogP contribution in [0.3, 0.4) is 0 Å². The van der Waals surface area contributed by atoms with Gasteiger partial charge in [0.2, 0.25) is 5.91 Å². The number of benzene rings is 2. The summed E-state index contributed by atoms with van der Waals surface area (Å²) in [6.07, 6.45) is 1.80. The second kappa shape index (κ2) is 9.87. The highest BCUT2D eigenvalue weighted by Gasteiger charge is 2.21. The highest BCUT2D eigenvalue weighted by Crippen LogP contribution is 2.26. The fourth-order valence-electron chi connectivity index (χ4n) is 3.50. The van der Waals surface area contributed by atoms with Gasteiger partial charge in [0, 0.05) is 46.7 Å². The molecule has 1 aliphatic rings. The maximum Gasteiger partial charge on any atom is 0.238 e. The summed E-state index contributed by atoms with van der Waals surface area (Å²) in [6.45, 7) is 3.37. The average molecular weight is 416 g/mol. The quantitative estimate of drug-likeness (QED) is 0.602. The largest absolute Gasteiger partial charge is 0.392 e. The van der Waals surface area contributed by atoms with Crippen LogP contribution in [0.5, 0.6) is 0 Å². The second-order valence-electron chi connectivity index (χ2n) is 7.30. The molecule has 0 spiro atoms. The van der Waals surface area contributed by atoms with Gasteiger partial charge in [-0.15, -0.1) is 0 Å². The van der Waals surface area contributed by atoms with Crippen molar-refractivity contribution in [2.45, 2.75) is 32.4 Å². The number of piperidine rings is 1. The molecule has 1 heterocycles. The normalized spacial score (nSPS) is 15.1. The van der Waals surface area contributed by atoms with Crippen LogP contribution in [0.15, 0.2) is 42.5 Å². The molecule has 0 aromatic heterocycles. The number of likely N-dealkylation sites (tertiary alicyclic amines) is 1. The molecule has 3 rings (SSSR count). The van der Waals surface area contributed by atoms with Crippen molar-refractivity contribution in [2.24, 2.45) is 0 Å². The highest BCUT2D eigenvalue weighted by molar-refractivity contribution is 6.31. The predicted octanol–water partition coefficient (Wildman–Crippen LogP) is 3.55. The van der Waals surface area contributed by atoms with E-state index in [2.05, 4.69) is 15.5 Å². The lowest BCUT2D eigenvalue weighted by molar-refractivity contribution is -0.117. The van der Waals surface area contributed by atoms with Crippen molar-refractivity contribution in [1.82, 2.24) is 4.90 Å². The van der Waals surface area contributed by atoms with Gasteiger partial charge in [-0.3, -0.25) is 14.5 Å². The van der Waals surface area contributed by atoms with Crippen LogP contribution in [-0.4, -0.2) is 47.4 Å². The zero-order chi connectivity index (χ0) is 20.8. The third-order valence-electron chi connectivity index (χ3n) is 5.17. The molecule has 1 amide bonds. The van der Waals surface area contributed by atoms with Crippen LogP contribution < -0.4 is 10.6 Å². The van der Waals surface area contributed by atoms with Crippen molar-refractivity contribution in [1.29, 1.82) is 0 Å². The number of anilines is 2. The number of rotatable bonds is 7. The van der Waals surface area contributed by atoms with E-state index in [0.29, 0.717) is 28.4 Å². The van der Waals surface area contributed by atoms with Gasteiger partial charge in [-0.1, -0.05) is 17.7 Å². The van der Waals surface area contributed by atoms with E-state index in [4.69, 9.17) is 11.6 Å².